The van der Waals surface area contributed by atoms with Crippen LogP contribution >= 0.6 is 0 Å². The smallest absolute Gasteiger partial charge is 0.243 e. The molecular formula is C21H25N3O. The van der Waals surface area contributed by atoms with Gasteiger partial charge in [-0.2, -0.15) is 5.26 Å². The molecule has 2 aromatic rings. The number of carbonyl (C=O) groups excluding carboxylic acids is 1. The number of nitrogens with zero attached hydrogens (tertiary/aromatic N) is 1. The molecular weight excluding hydrogens is 310 g/mol. The molecule has 1 amide bonds. The van der Waals surface area contributed by atoms with Crippen LogP contribution in [-0.2, 0) is 4.79 Å². The molecule has 0 radical (unpaired) electrons. The highest BCUT2D eigenvalue weighted by Crippen LogP contribution is 2.32. The minimum atomic E-state index is -0.0839. The topological polar surface area (TPSA) is 64.9 Å². The van der Waals surface area contributed by atoms with Gasteiger partial charge < -0.3 is 10.6 Å². The first-order valence-corrected chi connectivity index (χ1v) is 8.59. The summed E-state index contributed by atoms with van der Waals surface area (Å²) in [7, 11) is 0. The fourth-order valence-corrected chi connectivity index (χ4v) is 2.72. The zero-order valence-corrected chi connectivity index (χ0v) is 15.3. The van der Waals surface area contributed by atoms with Crippen molar-refractivity contribution in [2.24, 2.45) is 0 Å². The molecule has 130 valence electrons. The highest BCUT2D eigenvalue weighted by Gasteiger charge is 2.15. The molecule has 0 saturated heterocycles. The SMILES string of the molecule is CC(C)c1cccc(C(C)C)c1NC(=O)CNc1ccc(C#N)cc1. The average Bonchev–Trinajstić information content (AvgIpc) is 2.60. The number of amides is 1. The highest BCUT2D eigenvalue weighted by atomic mass is 16.1. The third-order valence-electron chi connectivity index (χ3n) is 4.10. The van der Waals surface area contributed by atoms with Gasteiger partial charge in [-0.25, -0.2) is 0 Å². The van der Waals surface area contributed by atoms with Gasteiger partial charge in [0.2, 0.25) is 5.91 Å². The number of nitriles is 1. The normalized spacial score (nSPS) is 10.6. The molecule has 2 aromatic carbocycles. The maximum atomic E-state index is 12.4. The predicted octanol–water partition coefficient (Wildman–Crippen LogP) is 4.86. The van der Waals surface area contributed by atoms with Crippen LogP contribution in [0.4, 0.5) is 11.4 Å². The number of anilines is 2. The van der Waals surface area contributed by atoms with Crippen LogP contribution in [0.2, 0.25) is 0 Å². The molecule has 0 fully saturated rings. The van der Waals surface area contributed by atoms with E-state index in [1.807, 2.05) is 0 Å². The molecule has 25 heavy (non-hydrogen) atoms. The molecule has 4 heteroatoms. The Morgan fingerprint density at radius 3 is 2.04 bits per heavy atom. The van der Waals surface area contributed by atoms with Gasteiger partial charge in [-0.3, -0.25) is 4.79 Å². The van der Waals surface area contributed by atoms with Crippen LogP contribution in [0, 0.1) is 11.3 Å². The second kappa shape index (κ2) is 8.34. The van der Waals surface area contributed by atoms with Gasteiger partial charge in [-0.1, -0.05) is 45.9 Å². The van der Waals surface area contributed by atoms with E-state index in [0.29, 0.717) is 17.4 Å². The molecule has 0 atom stereocenters. The van der Waals surface area contributed by atoms with E-state index in [1.54, 1.807) is 24.3 Å². The van der Waals surface area contributed by atoms with Crippen LogP contribution in [0.3, 0.4) is 0 Å². The van der Waals surface area contributed by atoms with Crippen molar-refractivity contribution in [3.05, 3.63) is 59.2 Å². The van der Waals surface area contributed by atoms with E-state index in [0.717, 1.165) is 22.5 Å². The summed E-state index contributed by atoms with van der Waals surface area (Å²) in [5, 5.41) is 15.0. The number of benzene rings is 2. The van der Waals surface area contributed by atoms with E-state index < -0.39 is 0 Å². The summed E-state index contributed by atoms with van der Waals surface area (Å²) in [5.41, 5.74) is 4.65. The van der Waals surface area contributed by atoms with Crippen molar-refractivity contribution in [2.75, 3.05) is 17.2 Å². The molecule has 0 aliphatic rings. The maximum Gasteiger partial charge on any atom is 0.243 e. The second-order valence-electron chi connectivity index (χ2n) is 6.71. The van der Waals surface area contributed by atoms with Crippen LogP contribution in [-0.4, -0.2) is 12.5 Å². The lowest BCUT2D eigenvalue weighted by molar-refractivity contribution is -0.114. The molecule has 0 saturated carbocycles. The molecule has 2 rings (SSSR count). The van der Waals surface area contributed by atoms with Gasteiger partial charge in [0.25, 0.3) is 0 Å². The third-order valence-corrected chi connectivity index (χ3v) is 4.10. The van der Waals surface area contributed by atoms with Gasteiger partial charge in [-0.15, -0.1) is 0 Å². The fourth-order valence-electron chi connectivity index (χ4n) is 2.72. The van der Waals surface area contributed by atoms with Crippen molar-refractivity contribution in [1.82, 2.24) is 0 Å². The summed E-state index contributed by atoms with van der Waals surface area (Å²) in [6.45, 7) is 8.69. The molecule has 0 aliphatic carbocycles. The Labute approximate surface area is 149 Å². The minimum Gasteiger partial charge on any atom is -0.376 e. The molecule has 0 bridgehead atoms. The minimum absolute atomic E-state index is 0.0839. The van der Waals surface area contributed by atoms with Crippen molar-refractivity contribution in [1.29, 1.82) is 5.26 Å². The first kappa shape index (κ1) is 18.5. The summed E-state index contributed by atoms with van der Waals surface area (Å²) >= 11 is 0. The first-order chi connectivity index (χ1) is 11.9. The fraction of sp³-hybridized carbons (Fsp3) is 0.333. The zero-order chi connectivity index (χ0) is 18.4. The number of carbonyl (C=O) groups is 1. The largest absolute Gasteiger partial charge is 0.376 e. The lowest BCUT2D eigenvalue weighted by Gasteiger charge is -2.20. The molecule has 0 heterocycles. The summed E-state index contributed by atoms with van der Waals surface area (Å²) in [5.74, 6) is 0.584. The van der Waals surface area contributed by atoms with Gasteiger partial charge in [-0.05, 0) is 47.2 Å². The summed E-state index contributed by atoms with van der Waals surface area (Å²) in [4.78, 5) is 12.4. The average molecular weight is 335 g/mol. The van der Waals surface area contributed by atoms with Crippen molar-refractivity contribution in [3.63, 3.8) is 0 Å². The van der Waals surface area contributed by atoms with Gasteiger partial charge in [0.05, 0.1) is 18.2 Å². The van der Waals surface area contributed by atoms with Gasteiger partial charge in [0.1, 0.15) is 0 Å². The molecule has 0 aliphatic heterocycles. The van der Waals surface area contributed by atoms with Crippen LogP contribution in [0.15, 0.2) is 42.5 Å². The van der Waals surface area contributed by atoms with Crippen LogP contribution in [0.1, 0.15) is 56.2 Å². The Morgan fingerprint density at radius 1 is 1.00 bits per heavy atom. The van der Waals surface area contributed by atoms with Crippen LogP contribution < -0.4 is 10.6 Å². The standard InChI is InChI=1S/C21H25N3O/c1-14(2)18-6-5-7-19(15(3)4)21(18)24-20(25)13-23-17-10-8-16(12-22)9-11-17/h5-11,14-15,23H,13H2,1-4H3,(H,24,25). The Balaban J connectivity index is 2.10. The predicted molar refractivity (Wildman–Crippen MR) is 103 cm³/mol. The molecule has 0 aromatic heterocycles. The highest BCUT2D eigenvalue weighted by molar-refractivity contribution is 5.95. The number of hydrogen-bond acceptors (Lipinski definition) is 3. The maximum absolute atomic E-state index is 12.4. The van der Waals surface area contributed by atoms with Crippen LogP contribution in [0.5, 0.6) is 0 Å². The number of rotatable bonds is 6. The van der Waals surface area contributed by atoms with E-state index in [9.17, 15) is 4.79 Å². The molecule has 0 spiro atoms. The van der Waals surface area contributed by atoms with Crippen LogP contribution in [0.25, 0.3) is 0 Å². The quantitative estimate of drug-likeness (QED) is 0.792. The lowest BCUT2D eigenvalue weighted by Crippen LogP contribution is -2.23. The van der Waals surface area contributed by atoms with E-state index >= 15 is 0 Å². The first-order valence-electron chi connectivity index (χ1n) is 8.59. The van der Waals surface area contributed by atoms with E-state index in [2.05, 4.69) is 62.6 Å². The Morgan fingerprint density at radius 2 is 1.56 bits per heavy atom. The van der Waals surface area contributed by atoms with Crippen molar-refractivity contribution < 1.29 is 4.79 Å². The number of nitrogens with one attached hydrogen (secondary N) is 2. The summed E-state index contributed by atoms with van der Waals surface area (Å²) in [6.07, 6.45) is 0. The van der Waals surface area contributed by atoms with Gasteiger partial charge in [0.15, 0.2) is 0 Å². The van der Waals surface area contributed by atoms with Crippen molar-refractivity contribution >= 4 is 17.3 Å². The van der Waals surface area contributed by atoms with E-state index in [4.69, 9.17) is 5.26 Å². The zero-order valence-electron chi connectivity index (χ0n) is 15.3. The molecule has 0 unspecified atom stereocenters. The van der Waals surface area contributed by atoms with E-state index in [1.165, 1.54) is 0 Å². The lowest BCUT2D eigenvalue weighted by atomic mass is 9.92. The summed E-state index contributed by atoms with van der Waals surface area (Å²) in [6, 6.07) is 15.3. The third kappa shape index (κ3) is 4.84. The van der Waals surface area contributed by atoms with Crippen molar-refractivity contribution in [3.8, 4) is 6.07 Å². The molecule has 4 nitrogen and oxygen atoms in total. The number of hydrogen-bond donors (Lipinski definition) is 2. The van der Waals surface area contributed by atoms with Gasteiger partial charge in [0, 0.05) is 11.4 Å². The Kier molecular flexibility index (Phi) is 6.19. The second-order valence-corrected chi connectivity index (χ2v) is 6.71. The Hall–Kier alpha value is -2.80. The van der Waals surface area contributed by atoms with E-state index in [-0.39, 0.29) is 12.5 Å². The van der Waals surface area contributed by atoms with Crippen molar-refractivity contribution in [2.45, 2.75) is 39.5 Å². The summed E-state index contributed by atoms with van der Waals surface area (Å²) < 4.78 is 0. The molecule has 2 N–H and O–H groups in total. The Bertz CT molecular complexity index is 744. The van der Waals surface area contributed by atoms with Gasteiger partial charge >= 0.3 is 0 Å². The number of para-hydroxylation sites is 1. The monoisotopic (exact) mass is 335 g/mol.